The number of carboxylic acids is 2. The van der Waals surface area contributed by atoms with Gasteiger partial charge in [-0.1, -0.05) is 65.2 Å². The maximum absolute atomic E-state index is 12.6. The molecule has 0 radical (unpaired) electrons. The van der Waals surface area contributed by atoms with Crippen LogP contribution in [0.3, 0.4) is 0 Å². The SMILES string of the molecule is CCCCCCCOC(=O)C1CC(C(=O)OCCCCCCC)C(C(=O)O)CC1C(=O)O. The quantitative estimate of drug-likeness (QED) is 0.258. The van der Waals surface area contributed by atoms with E-state index in [1.54, 1.807) is 0 Å². The molecule has 8 heteroatoms. The molecule has 8 nitrogen and oxygen atoms in total. The van der Waals surface area contributed by atoms with Crippen molar-refractivity contribution in [2.75, 3.05) is 13.2 Å². The van der Waals surface area contributed by atoms with Crippen LogP contribution >= 0.6 is 0 Å². The van der Waals surface area contributed by atoms with Gasteiger partial charge in [0.15, 0.2) is 0 Å². The second kappa shape index (κ2) is 15.6. The highest BCUT2D eigenvalue weighted by atomic mass is 16.5. The van der Waals surface area contributed by atoms with Crippen molar-refractivity contribution in [3.05, 3.63) is 0 Å². The Morgan fingerprint density at radius 1 is 0.594 bits per heavy atom. The fourth-order valence-corrected chi connectivity index (χ4v) is 4.24. The zero-order valence-electron chi connectivity index (χ0n) is 19.6. The molecule has 0 saturated heterocycles. The van der Waals surface area contributed by atoms with E-state index in [4.69, 9.17) is 9.47 Å². The normalized spacial score (nSPS) is 22.8. The molecule has 2 N–H and O–H groups in total. The number of ether oxygens (including phenoxy) is 2. The molecule has 0 spiro atoms. The number of aliphatic carboxylic acids is 2. The Bertz CT molecular complexity index is 553. The lowest BCUT2D eigenvalue weighted by atomic mass is 9.68. The van der Waals surface area contributed by atoms with Crippen LogP contribution in [0.2, 0.25) is 0 Å². The van der Waals surface area contributed by atoms with E-state index in [0.29, 0.717) is 12.8 Å². The highest BCUT2D eigenvalue weighted by Crippen LogP contribution is 2.40. The van der Waals surface area contributed by atoms with Gasteiger partial charge in [-0.25, -0.2) is 0 Å². The van der Waals surface area contributed by atoms with Gasteiger partial charge in [-0.05, 0) is 25.7 Å². The van der Waals surface area contributed by atoms with Gasteiger partial charge < -0.3 is 19.7 Å². The highest BCUT2D eigenvalue weighted by molar-refractivity contribution is 5.86. The number of esters is 2. The maximum Gasteiger partial charge on any atom is 0.309 e. The molecule has 32 heavy (non-hydrogen) atoms. The first-order chi connectivity index (χ1) is 15.3. The molecular formula is C24H40O8. The first-order valence-electron chi connectivity index (χ1n) is 12.1. The third-order valence-electron chi connectivity index (χ3n) is 6.21. The zero-order valence-corrected chi connectivity index (χ0v) is 19.6. The molecule has 1 aliphatic rings. The van der Waals surface area contributed by atoms with Gasteiger partial charge in [0.2, 0.25) is 0 Å². The summed E-state index contributed by atoms with van der Waals surface area (Å²) in [4.78, 5) is 48.7. The molecule has 4 atom stereocenters. The van der Waals surface area contributed by atoms with E-state index in [9.17, 15) is 29.4 Å². The second-order valence-corrected chi connectivity index (χ2v) is 8.74. The lowest BCUT2D eigenvalue weighted by Gasteiger charge is -2.35. The van der Waals surface area contributed by atoms with Gasteiger partial charge in [-0.3, -0.25) is 19.2 Å². The molecule has 0 bridgehead atoms. The average Bonchev–Trinajstić information content (AvgIpc) is 2.77. The minimum atomic E-state index is -1.25. The van der Waals surface area contributed by atoms with E-state index in [0.717, 1.165) is 51.4 Å². The third-order valence-corrected chi connectivity index (χ3v) is 6.21. The van der Waals surface area contributed by atoms with Crippen LogP contribution in [0.4, 0.5) is 0 Å². The monoisotopic (exact) mass is 456 g/mol. The Kier molecular flexibility index (Phi) is 13.6. The van der Waals surface area contributed by atoms with Gasteiger partial charge in [-0.2, -0.15) is 0 Å². The van der Waals surface area contributed by atoms with Crippen LogP contribution in [0.25, 0.3) is 0 Å². The lowest BCUT2D eigenvalue weighted by Crippen LogP contribution is -2.45. The van der Waals surface area contributed by atoms with Crippen molar-refractivity contribution < 1.29 is 38.9 Å². The second-order valence-electron chi connectivity index (χ2n) is 8.74. The zero-order chi connectivity index (χ0) is 23.9. The number of rotatable bonds is 16. The standard InChI is InChI=1S/C24H40O8/c1-3-5-7-9-11-13-31-23(29)19-16-20(18(22(27)28)15-17(19)21(25)26)24(30)32-14-12-10-8-6-4-2/h17-20H,3-16H2,1-2H3,(H,25,26)(H,27,28). The highest BCUT2D eigenvalue weighted by Gasteiger charge is 2.50. The molecule has 1 rings (SSSR count). The summed E-state index contributed by atoms with van der Waals surface area (Å²) in [5.41, 5.74) is 0. The van der Waals surface area contributed by atoms with Gasteiger partial charge in [0.05, 0.1) is 36.9 Å². The van der Waals surface area contributed by atoms with E-state index < -0.39 is 47.5 Å². The maximum atomic E-state index is 12.6. The average molecular weight is 457 g/mol. The van der Waals surface area contributed by atoms with Gasteiger partial charge >= 0.3 is 23.9 Å². The minimum Gasteiger partial charge on any atom is -0.481 e. The summed E-state index contributed by atoms with van der Waals surface area (Å²) in [6, 6.07) is 0. The molecule has 1 fully saturated rings. The third kappa shape index (κ3) is 9.57. The van der Waals surface area contributed by atoms with Gasteiger partial charge in [-0.15, -0.1) is 0 Å². The lowest BCUT2D eigenvalue weighted by molar-refractivity contribution is -0.172. The van der Waals surface area contributed by atoms with Crippen molar-refractivity contribution in [1.82, 2.24) is 0 Å². The molecule has 184 valence electrons. The summed E-state index contributed by atoms with van der Waals surface area (Å²) in [6.45, 7) is 4.60. The number of carboxylic acid groups (broad SMARTS) is 2. The topological polar surface area (TPSA) is 127 Å². The summed E-state index contributed by atoms with van der Waals surface area (Å²) in [7, 11) is 0. The summed E-state index contributed by atoms with van der Waals surface area (Å²) in [5, 5.41) is 19.2. The van der Waals surface area contributed by atoms with Crippen molar-refractivity contribution in [2.24, 2.45) is 23.7 Å². The largest absolute Gasteiger partial charge is 0.481 e. The molecule has 0 aromatic heterocycles. The van der Waals surface area contributed by atoms with E-state index in [1.165, 1.54) is 0 Å². The van der Waals surface area contributed by atoms with E-state index in [1.807, 2.05) is 0 Å². The molecule has 4 unspecified atom stereocenters. The molecule has 1 aliphatic carbocycles. The first-order valence-corrected chi connectivity index (χ1v) is 12.1. The fourth-order valence-electron chi connectivity index (χ4n) is 4.24. The Labute approximate surface area is 191 Å². The van der Waals surface area contributed by atoms with Crippen LogP contribution in [0.15, 0.2) is 0 Å². The predicted octanol–water partition coefficient (Wildman–Crippen LogP) is 4.44. The number of carbonyl (C=O) groups excluding carboxylic acids is 2. The number of hydrogen-bond acceptors (Lipinski definition) is 6. The smallest absolute Gasteiger partial charge is 0.309 e. The van der Waals surface area contributed by atoms with Crippen molar-refractivity contribution in [3.63, 3.8) is 0 Å². The Morgan fingerprint density at radius 2 is 0.938 bits per heavy atom. The molecule has 0 aliphatic heterocycles. The molecular weight excluding hydrogens is 416 g/mol. The van der Waals surface area contributed by atoms with Gasteiger partial charge in [0, 0.05) is 0 Å². The van der Waals surface area contributed by atoms with Crippen LogP contribution in [-0.4, -0.2) is 47.3 Å². The Hall–Kier alpha value is -2.12. The number of carbonyl (C=O) groups is 4. The van der Waals surface area contributed by atoms with E-state index >= 15 is 0 Å². The van der Waals surface area contributed by atoms with Crippen LogP contribution in [-0.2, 0) is 28.7 Å². The molecule has 0 aromatic carbocycles. The summed E-state index contributed by atoms with van der Waals surface area (Å²) >= 11 is 0. The fraction of sp³-hybridized carbons (Fsp3) is 0.833. The molecule has 1 saturated carbocycles. The van der Waals surface area contributed by atoms with E-state index in [2.05, 4.69) is 13.8 Å². The summed E-state index contributed by atoms with van der Waals surface area (Å²) < 4.78 is 10.6. The first kappa shape index (κ1) is 27.9. The minimum absolute atomic E-state index is 0.183. The van der Waals surface area contributed by atoms with Crippen molar-refractivity contribution in [1.29, 1.82) is 0 Å². The van der Waals surface area contributed by atoms with Gasteiger partial charge in [0.1, 0.15) is 0 Å². The molecule has 0 amide bonds. The van der Waals surface area contributed by atoms with Crippen LogP contribution in [0.5, 0.6) is 0 Å². The number of hydrogen-bond donors (Lipinski definition) is 2. The van der Waals surface area contributed by atoms with Crippen molar-refractivity contribution in [3.8, 4) is 0 Å². The molecule has 0 aromatic rings. The predicted molar refractivity (Wildman–Crippen MR) is 118 cm³/mol. The van der Waals surface area contributed by atoms with Crippen molar-refractivity contribution in [2.45, 2.75) is 90.9 Å². The van der Waals surface area contributed by atoms with Gasteiger partial charge in [0.25, 0.3) is 0 Å². The molecule has 0 heterocycles. The Balaban J connectivity index is 2.71. The van der Waals surface area contributed by atoms with E-state index in [-0.39, 0.29) is 26.1 Å². The van der Waals surface area contributed by atoms with Crippen LogP contribution in [0, 0.1) is 23.7 Å². The van der Waals surface area contributed by atoms with Crippen LogP contribution in [0.1, 0.15) is 90.9 Å². The van der Waals surface area contributed by atoms with Crippen LogP contribution < -0.4 is 0 Å². The van der Waals surface area contributed by atoms with Crippen molar-refractivity contribution >= 4 is 23.9 Å². The number of unbranched alkanes of at least 4 members (excludes halogenated alkanes) is 8. The summed E-state index contributed by atoms with van der Waals surface area (Å²) in [6.07, 6.45) is 9.25. The summed E-state index contributed by atoms with van der Waals surface area (Å²) in [5.74, 6) is -8.33. The Morgan fingerprint density at radius 3 is 1.28 bits per heavy atom.